The topological polar surface area (TPSA) is 61.8 Å². The maximum atomic E-state index is 13.3. The lowest BCUT2D eigenvalue weighted by molar-refractivity contribution is -0.286. The molecule has 31 heavy (non-hydrogen) atoms. The second kappa shape index (κ2) is 7.06. The molecule has 2 aliphatic heterocycles. The molecule has 2 aromatic rings. The molecule has 2 atom stereocenters. The van der Waals surface area contributed by atoms with Crippen LogP contribution in [0, 0.1) is 0 Å². The largest absolute Gasteiger partial charge is 0.586 e. The van der Waals surface area contributed by atoms with Crippen molar-refractivity contribution in [2.24, 2.45) is 0 Å². The molecule has 0 spiro atoms. The van der Waals surface area contributed by atoms with Gasteiger partial charge in [-0.05, 0) is 55.7 Å². The molecule has 4 rings (SSSR count). The molecule has 0 saturated carbocycles. The Morgan fingerprint density at radius 1 is 1.03 bits per heavy atom. The van der Waals surface area contributed by atoms with Crippen LogP contribution in [0.25, 0.3) is 0 Å². The zero-order chi connectivity index (χ0) is 22.7. The van der Waals surface area contributed by atoms with Gasteiger partial charge in [0.1, 0.15) is 0 Å². The van der Waals surface area contributed by atoms with Crippen molar-refractivity contribution in [1.82, 2.24) is 0 Å². The number of benzene rings is 2. The summed E-state index contributed by atoms with van der Waals surface area (Å²) in [4.78, 5) is -0.434. The average molecular weight is 464 g/mol. The number of ether oxygens (including phenoxy) is 3. The highest BCUT2D eigenvalue weighted by molar-refractivity contribution is 7.92. The van der Waals surface area contributed by atoms with Gasteiger partial charge in [-0.25, -0.2) is 8.42 Å². The molecule has 2 aromatic carbocycles. The van der Waals surface area contributed by atoms with Crippen molar-refractivity contribution in [3.05, 3.63) is 53.6 Å². The minimum absolute atomic E-state index is 0.0178. The Balaban J connectivity index is 1.63. The van der Waals surface area contributed by atoms with Gasteiger partial charge < -0.3 is 14.2 Å². The van der Waals surface area contributed by atoms with Gasteiger partial charge in [0.25, 0.3) is 0 Å². The van der Waals surface area contributed by atoms with E-state index in [0.717, 1.165) is 18.2 Å². The Morgan fingerprint density at radius 2 is 1.74 bits per heavy atom. The van der Waals surface area contributed by atoms with Crippen LogP contribution in [0.15, 0.2) is 47.4 Å². The predicted molar refractivity (Wildman–Crippen MR) is 97.6 cm³/mol. The van der Waals surface area contributed by atoms with Crippen LogP contribution in [-0.4, -0.2) is 26.1 Å². The first-order chi connectivity index (χ1) is 14.3. The van der Waals surface area contributed by atoms with Crippen molar-refractivity contribution >= 4 is 9.84 Å². The van der Waals surface area contributed by atoms with Crippen LogP contribution in [0.3, 0.4) is 0 Å². The van der Waals surface area contributed by atoms with Crippen LogP contribution in [0.5, 0.6) is 11.5 Å². The van der Waals surface area contributed by atoms with Crippen molar-refractivity contribution in [2.45, 2.75) is 48.0 Å². The van der Waals surface area contributed by atoms with Crippen molar-refractivity contribution < 1.29 is 44.6 Å². The molecular weight excluding hydrogens is 447 g/mol. The summed E-state index contributed by atoms with van der Waals surface area (Å²) >= 11 is 0. The summed E-state index contributed by atoms with van der Waals surface area (Å²) in [6, 6.07) is 7.60. The highest BCUT2D eigenvalue weighted by atomic mass is 32.2. The predicted octanol–water partition coefficient (Wildman–Crippen LogP) is 5.11. The number of hydrogen-bond donors (Lipinski definition) is 0. The fraction of sp³-hybridized carbons (Fsp3) is 0.400. The average Bonchev–Trinajstić information content (AvgIpc) is 3.00. The van der Waals surface area contributed by atoms with E-state index in [0.29, 0.717) is 11.6 Å². The zero-order valence-corrected chi connectivity index (χ0v) is 16.9. The van der Waals surface area contributed by atoms with Crippen molar-refractivity contribution in [3.63, 3.8) is 0 Å². The first kappa shape index (κ1) is 21.8. The van der Waals surface area contributed by atoms with Crippen LogP contribution < -0.4 is 9.47 Å². The number of fused-ring (bicyclic) bond motifs is 1. The Hall–Kier alpha value is -2.40. The van der Waals surface area contributed by atoms with Gasteiger partial charge in [-0.3, -0.25) is 0 Å². The summed E-state index contributed by atoms with van der Waals surface area (Å²) in [6.45, 7) is 1.46. The van der Waals surface area contributed by atoms with E-state index in [4.69, 9.17) is 4.74 Å². The van der Waals surface area contributed by atoms with Crippen LogP contribution >= 0.6 is 0 Å². The van der Waals surface area contributed by atoms with Crippen LogP contribution in [0.2, 0.25) is 0 Å². The fourth-order valence-electron chi connectivity index (χ4n) is 3.72. The number of rotatable bonds is 3. The third-order valence-corrected chi connectivity index (χ3v) is 8.03. The number of sulfone groups is 1. The van der Waals surface area contributed by atoms with E-state index in [2.05, 4.69) is 9.47 Å². The van der Waals surface area contributed by atoms with Crippen molar-refractivity contribution in [2.75, 3.05) is 6.61 Å². The summed E-state index contributed by atoms with van der Waals surface area (Å²) in [6.07, 6.45) is -9.29. The molecular formula is C20H17F5O5S. The minimum Gasteiger partial charge on any atom is -0.395 e. The number of alkyl halides is 5. The molecule has 0 radical (unpaired) electrons. The fourth-order valence-corrected chi connectivity index (χ4v) is 5.55. The third kappa shape index (κ3) is 3.96. The first-order valence-electron chi connectivity index (χ1n) is 9.24. The van der Waals surface area contributed by atoms with Gasteiger partial charge in [0.15, 0.2) is 21.3 Å². The molecule has 11 heteroatoms. The van der Waals surface area contributed by atoms with Crippen molar-refractivity contribution in [3.8, 4) is 11.5 Å². The molecule has 0 N–H and O–H groups in total. The third-order valence-electron chi connectivity index (χ3n) is 5.48. The summed E-state index contributed by atoms with van der Waals surface area (Å²) in [5.41, 5.74) is -0.664. The smallest absolute Gasteiger partial charge is 0.395 e. The van der Waals surface area contributed by atoms with Gasteiger partial charge in [0.05, 0.1) is 21.3 Å². The zero-order valence-electron chi connectivity index (χ0n) is 16.1. The number of halogens is 5. The van der Waals surface area contributed by atoms with Crippen LogP contribution in [0.1, 0.15) is 37.0 Å². The van der Waals surface area contributed by atoms with E-state index in [-0.39, 0.29) is 30.9 Å². The number of hydrogen-bond acceptors (Lipinski definition) is 5. The summed E-state index contributed by atoms with van der Waals surface area (Å²) in [5.74, 6) is -0.372. The van der Waals surface area contributed by atoms with Crippen molar-refractivity contribution in [1.29, 1.82) is 0 Å². The monoisotopic (exact) mass is 464 g/mol. The molecule has 0 bridgehead atoms. The Kier molecular flexibility index (Phi) is 4.97. The molecule has 0 aromatic heterocycles. The van der Waals surface area contributed by atoms with E-state index in [9.17, 15) is 30.4 Å². The maximum Gasteiger partial charge on any atom is 0.586 e. The maximum absolute atomic E-state index is 13.3. The molecule has 1 saturated heterocycles. The van der Waals surface area contributed by atoms with Gasteiger partial charge in [0, 0.05) is 6.61 Å². The normalized spacial score (nSPS) is 25.4. The lowest BCUT2D eigenvalue weighted by atomic mass is 9.92. The molecule has 5 nitrogen and oxygen atoms in total. The van der Waals surface area contributed by atoms with E-state index in [1.165, 1.54) is 25.1 Å². The van der Waals surface area contributed by atoms with Gasteiger partial charge >= 0.3 is 12.5 Å². The molecule has 2 unspecified atom stereocenters. The minimum atomic E-state index is -4.68. The quantitative estimate of drug-likeness (QED) is 0.591. The molecule has 0 aliphatic carbocycles. The van der Waals surface area contributed by atoms with Crippen LogP contribution in [-0.2, 0) is 20.8 Å². The lowest BCUT2D eigenvalue weighted by Gasteiger charge is -2.38. The van der Waals surface area contributed by atoms with Gasteiger partial charge in [-0.2, -0.15) is 13.2 Å². The summed E-state index contributed by atoms with van der Waals surface area (Å²) in [7, 11) is -4.17. The first-order valence-corrected chi connectivity index (χ1v) is 10.7. The van der Waals surface area contributed by atoms with E-state index in [1.54, 1.807) is 0 Å². The summed E-state index contributed by atoms with van der Waals surface area (Å²) < 4.78 is 105. The Morgan fingerprint density at radius 3 is 2.45 bits per heavy atom. The van der Waals surface area contributed by atoms with Gasteiger partial charge in [-0.15, -0.1) is 8.78 Å². The highest BCUT2D eigenvalue weighted by Gasteiger charge is 2.47. The molecule has 1 fully saturated rings. The molecule has 0 amide bonds. The lowest BCUT2D eigenvalue weighted by Crippen LogP contribution is -2.42. The van der Waals surface area contributed by atoms with E-state index >= 15 is 0 Å². The Bertz CT molecular complexity index is 1120. The highest BCUT2D eigenvalue weighted by Crippen LogP contribution is 2.46. The Labute approximate surface area is 174 Å². The van der Waals surface area contributed by atoms with Crippen LogP contribution in [0.4, 0.5) is 22.0 Å². The second-order valence-corrected chi connectivity index (χ2v) is 10.1. The SMILES string of the molecule is CC1(S(=O)(=O)c2cccc(C(F)(F)F)c2)CCOC(c2ccc3c(c2)OC(F)(F)O3)C1. The van der Waals surface area contributed by atoms with E-state index < -0.39 is 43.6 Å². The molecule has 168 valence electrons. The molecule has 2 aliphatic rings. The van der Waals surface area contributed by atoms with Gasteiger partial charge in [0.2, 0.25) is 0 Å². The summed E-state index contributed by atoms with van der Waals surface area (Å²) in [5, 5.41) is 0. The van der Waals surface area contributed by atoms with E-state index in [1.807, 2.05) is 0 Å². The molecule has 2 heterocycles. The standard InChI is InChI=1S/C20H17F5O5S/c1-18(31(26,27)14-4-2-3-13(10-14)19(21,22)23)7-8-28-17(11-18)12-5-6-15-16(9-12)30-20(24,25)29-15/h2-6,9-10,17H,7-8,11H2,1H3. The second-order valence-electron chi connectivity index (χ2n) is 7.67. The van der Waals surface area contributed by atoms with Gasteiger partial charge in [-0.1, -0.05) is 12.1 Å².